The van der Waals surface area contributed by atoms with E-state index in [2.05, 4.69) is 97.3 Å². The lowest BCUT2D eigenvalue weighted by molar-refractivity contribution is 0.663. The van der Waals surface area contributed by atoms with Gasteiger partial charge in [0.2, 0.25) is 5.95 Å². The highest BCUT2D eigenvalue weighted by Gasteiger charge is 2.38. The molecule has 5 nitrogen and oxygen atoms in total. The van der Waals surface area contributed by atoms with Crippen molar-refractivity contribution in [2.75, 3.05) is 0 Å². The second-order valence-electron chi connectivity index (χ2n) is 12.0. The highest BCUT2D eigenvalue weighted by Crippen LogP contribution is 2.53. The minimum atomic E-state index is -0.229. The summed E-state index contributed by atoms with van der Waals surface area (Å²) in [5, 5.41) is 3.36. The molecule has 3 heterocycles. The topological polar surface area (TPSA) is 56.5 Å². The molecule has 1 aliphatic rings. The van der Waals surface area contributed by atoms with Crippen LogP contribution >= 0.6 is 0 Å². The van der Waals surface area contributed by atoms with Gasteiger partial charge in [-0.3, -0.25) is 9.55 Å². The molecule has 8 aromatic rings. The van der Waals surface area contributed by atoms with Gasteiger partial charge >= 0.3 is 0 Å². The molecule has 0 aliphatic heterocycles. The first-order chi connectivity index (χ1) is 21.6. The van der Waals surface area contributed by atoms with Crippen LogP contribution in [-0.4, -0.2) is 24.5 Å². The van der Waals surface area contributed by atoms with Crippen LogP contribution in [0.25, 0.3) is 72.6 Å². The number of pyridine rings is 1. The van der Waals surface area contributed by atoms with E-state index in [9.17, 15) is 0 Å². The van der Waals surface area contributed by atoms with Crippen molar-refractivity contribution in [3.05, 3.63) is 139 Å². The van der Waals surface area contributed by atoms with Gasteiger partial charge in [-0.15, -0.1) is 0 Å². The Kier molecular flexibility index (Phi) is 5.18. The average Bonchev–Trinajstić information content (AvgIpc) is 3.52. The molecule has 0 bridgehead atoms. The Hall–Kier alpha value is -5.68. The van der Waals surface area contributed by atoms with Crippen LogP contribution in [0, 0.1) is 0 Å². The highest BCUT2D eigenvalue weighted by molar-refractivity contribution is 6.15. The van der Waals surface area contributed by atoms with E-state index in [0.29, 0.717) is 17.6 Å². The number of fused-ring (bicyclic) bond motifs is 8. The van der Waals surface area contributed by atoms with E-state index in [0.717, 1.165) is 43.8 Å². The van der Waals surface area contributed by atoms with Crippen molar-refractivity contribution >= 4 is 32.7 Å². The standard InChI is InChI=1S/C39H27N5/c1-39(2)31-18-10-9-17-27(31)28-19-20-29-30-23-32-26(16-11-21-40-32)22-33(30)44(35(29)34(28)39)38-42-36(24-12-5-3-6-13-24)41-37(43-38)25-14-7-4-8-15-25/h3-23H,1-2H3. The molecule has 0 saturated heterocycles. The molecule has 0 unspecified atom stereocenters. The zero-order valence-electron chi connectivity index (χ0n) is 24.4. The summed E-state index contributed by atoms with van der Waals surface area (Å²) in [5.74, 6) is 1.88. The second-order valence-corrected chi connectivity index (χ2v) is 12.0. The lowest BCUT2D eigenvalue weighted by Crippen LogP contribution is -2.17. The summed E-state index contributed by atoms with van der Waals surface area (Å²) in [6.45, 7) is 4.66. The van der Waals surface area contributed by atoms with Gasteiger partial charge in [0.15, 0.2) is 11.6 Å². The number of hydrogen-bond donors (Lipinski definition) is 0. The average molecular weight is 566 g/mol. The molecule has 0 fully saturated rings. The monoisotopic (exact) mass is 565 g/mol. The van der Waals surface area contributed by atoms with Crippen molar-refractivity contribution in [3.8, 4) is 39.9 Å². The maximum absolute atomic E-state index is 5.20. The quantitative estimate of drug-likeness (QED) is 0.214. The van der Waals surface area contributed by atoms with Gasteiger partial charge in [0.05, 0.1) is 16.6 Å². The van der Waals surface area contributed by atoms with Gasteiger partial charge in [0, 0.05) is 38.9 Å². The SMILES string of the molecule is CC1(C)c2ccccc2-c2ccc3c4cc5ncccc5cc4n(-c4nc(-c5ccccc5)nc(-c5ccccc5)n4)c3c21. The first-order valence-electron chi connectivity index (χ1n) is 14.9. The summed E-state index contributed by atoms with van der Waals surface area (Å²) >= 11 is 0. The highest BCUT2D eigenvalue weighted by atomic mass is 15.2. The Morgan fingerprint density at radius 3 is 2.00 bits per heavy atom. The molecular weight excluding hydrogens is 538 g/mol. The maximum atomic E-state index is 5.20. The Bertz CT molecular complexity index is 2350. The summed E-state index contributed by atoms with van der Waals surface area (Å²) in [4.78, 5) is 20.1. The Balaban J connectivity index is 1.46. The number of aromatic nitrogens is 5. The number of rotatable bonds is 3. The maximum Gasteiger partial charge on any atom is 0.238 e. The van der Waals surface area contributed by atoms with E-state index in [1.807, 2.05) is 48.7 Å². The van der Waals surface area contributed by atoms with Crippen LogP contribution < -0.4 is 0 Å². The Morgan fingerprint density at radius 1 is 0.591 bits per heavy atom. The molecule has 3 aromatic heterocycles. The van der Waals surface area contributed by atoms with Crippen LogP contribution in [-0.2, 0) is 5.41 Å². The van der Waals surface area contributed by atoms with Crippen LogP contribution in [0.2, 0.25) is 0 Å². The van der Waals surface area contributed by atoms with Gasteiger partial charge in [-0.05, 0) is 40.5 Å². The van der Waals surface area contributed by atoms with E-state index in [4.69, 9.17) is 19.9 Å². The molecule has 0 amide bonds. The van der Waals surface area contributed by atoms with E-state index in [1.165, 1.54) is 22.3 Å². The Morgan fingerprint density at radius 2 is 1.27 bits per heavy atom. The van der Waals surface area contributed by atoms with Gasteiger partial charge in [-0.2, -0.15) is 9.97 Å². The summed E-state index contributed by atoms with van der Waals surface area (Å²) < 4.78 is 2.27. The van der Waals surface area contributed by atoms with Crippen molar-refractivity contribution < 1.29 is 0 Å². The lowest BCUT2D eigenvalue weighted by Gasteiger charge is -2.23. The first kappa shape index (κ1) is 24.9. The van der Waals surface area contributed by atoms with Crippen molar-refractivity contribution in [3.63, 3.8) is 0 Å². The molecule has 44 heavy (non-hydrogen) atoms. The van der Waals surface area contributed by atoms with E-state index < -0.39 is 0 Å². The largest absolute Gasteiger partial charge is 0.277 e. The zero-order chi connectivity index (χ0) is 29.4. The summed E-state index contributed by atoms with van der Waals surface area (Å²) in [5.41, 5.74) is 9.95. The van der Waals surface area contributed by atoms with Crippen molar-refractivity contribution in [1.29, 1.82) is 0 Å². The molecule has 0 radical (unpaired) electrons. The summed E-state index contributed by atoms with van der Waals surface area (Å²) in [6, 6.07) is 42.2. The molecule has 1 aliphatic carbocycles. The van der Waals surface area contributed by atoms with Crippen molar-refractivity contribution in [2.45, 2.75) is 19.3 Å². The smallest absolute Gasteiger partial charge is 0.238 e. The van der Waals surface area contributed by atoms with Gasteiger partial charge in [0.25, 0.3) is 0 Å². The van der Waals surface area contributed by atoms with Crippen LogP contribution in [0.4, 0.5) is 0 Å². The van der Waals surface area contributed by atoms with Crippen molar-refractivity contribution in [2.24, 2.45) is 0 Å². The molecule has 0 spiro atoms. The fraction of sp³-hybridized carbons (Fsp3) is 0.0769. The van der Waals surface area contributed by atoms with Gasteiger partial charge in [0.1, 0.15) is 0 Å². The molecule has 5 heteroatoms. The van der Waals surface area contributed by atoms with Crippen molar-refractivity contribution in [1.82, 2.24) is 24.5 Å². The molecular formula is C39H27N5. The molecule has 5 aromatic carbocycles. The number of hydrogen-bond acceptors (Lipinski definition) is 4. The number of nitrogens with zero attached hydrogens (tertiary/aromatic N) is 5. The predicted molar refractivity (Wildman–Crippen MR) is 178 cm³/mol. The molecule has 0 N–H and O–H groups in total. The van der Waals surface area contributed by atoms with Crippen LogP contribution in [0.15, 0.2) is 128 Å². The first-order valence-corrected chi connectivity index (χ1v) is 14.9. The minimum Gasteiger partial charge on any atom is -0.277 e. The fourth-order valence-corrected chi connectivity index (χ4v) is 7.03. The molecule has 0 saturated carbocycles. The zero-order valence-corrected chi connectivity index (χ0v) is 24.4. The van der Waals surface area contributed by atoms with Crippen LogP contribution in [0.3, 0.4) is 0 Å². The van der Waals surface area contributed by atoms with E-state index >= 15 is 0 Å². The van der Waals surface area contributed by atoms with Gasteiger partial charge < -0.3 is 0 Å². The Labute approximate surface area is 254 Å². The van der Waals surface area contributed by atoms with Gasteiger partial charge in [-0.1, -0.05) is 117 Å². The summed E-state index contributed by atoms with van der Waals surface area (Å²) in [6.07, 6.45) is 1.86. The fourth-order valence-electron chi connectivity index (χ4n) is 7.03. The minimum absolute atomic E-state index is 0.229. The molecule has 0 atom stereocenters. The third kappa shape index (κ3) is 3.53. The molecule has 9 rings (SSSR count). The third-order valence-electron chi connectivity index (χ3n) is 9.06. The van der Waals surface area contributed by atoms with Gasteiger partial charge in [-0.25, -0.2) is 4.98 Å². The number of benzene rings is 5. The summed E-state index contributed by atoms with van der Waals surface area (Å²) in [7, 11) is 0. The predicted octanol–water partition coefficient (Wildman–Crippen LogP) is 9.16. The molecule has 208 valence electrons. The second kappa shape index (κ2) is 9.16. The van der Waals surface area contributed by atoms with Crippen LogP contribution in [0.5, 0.6) is 0 Å². The normalized spacial score (nSPS) is 13.4. The van der Waals surface area contributed by atoms with E-state index in [-0.39, 0.29) is 5.41 Å². The lowest BCUT2D eigenvalue weighted by atomic mass is 9.81. The third-order valence-corrected chi connectivity index (χ3v) is 9.06. The van der Waals surface area contributed by atoms with Crippen LogP contribution in [0.1, 0.15) is 25.0 Å². The van der Waals surface area contributed by atoms with E-state index in [1.54, 1.807) is 0 Å².